The second-order valence-electron chi connectivity index (χ2n) is 5.53. The maximum absolute atomic E-state index is 13.4. The van der Waals surface area contributed by atoms with Gasteiger partial charge in [-0.15, -0.1) is 0 Å². The molecule has 128 valence electrons. The molecule has 0 aliphatic carbocycles. The number of hydrogen-bond donors (Lipinski definition) is 1. The van der Waals surface area contributed by atoms with Crippen molar-refractivity contribution in [2.45, 2.75) is 0 Å². The molecule has 0 aliphatic heterocycles. The average Bonchev–Trinajstić information content (AvgIpc) is 3.00. The number of nitro benzene ring substituents is 1. The highest BCUT2D eigenvalue weighted by Crippen LogP contribution is 2.22. The Labute approximate surface area is 144 Å². The molecule has 2 aromatic carbocycles. The third kappa shape index (κ3) is 2.61. The highest BCUT2D eigenvalue weighted by atomic mass is 19.1. The molecule has 0 aliphatic rings. The minimum atomic E-state index is -0.498. The first-order valence-corrected chi connectivity index (χ1v) is 7.50. The second kappa shape index (κ2) is 5.88. The summed E-state index contributed by atoms with van der Waals surface area (Å²) in [6.45, 7) is 0. The summed E-state index contributed by atoms with van der Waals surface area (Å²) in [5.41, 5.74) is 1.29. The monoisotopic (exact) mass is 351 g/mol. The van der Waals surface area contributed by atoms with E-state index in [0.29, 0.717) is 22.0 Å². The summed E-state index contributed by atoms with van der Waals surface area (Å²) in [5.74, 6) is -0.416. The van der Waals surface area contributed by atoms with Crippen LogP contribution in [0.1, 0.15) is 5.56 Å². The van der Waals surface area contributed by atoms with Crippen molar-refractivity contribution in [3.05, 3.63) is 80.6 Å². The number of aromatic amines is 1. The lowest BCUT2D eigenvalue weighted by atomic mass is 10.2. The molecule has 0 radical (unpaired) electrons. The van der Waals surface area contributed by atoms with E-state index in [1.54, 1.807) is 0 Å². The van der Waals surface area contributed by atoms with Crippen LogP contribution in [0.3, 0.4) is 0 Å². The number of nitrogens with zero attached hydrogens (tertiary/aromatic N) is 4. The summed E-state index contributed by atoms with van der Waals surface area (Å²) in [7, 11) is 0. The first-order chi connectivity index (χ1) is 12.5. The summed E-state index contributed by atoms with van der Waals surface area (Å²) >= 11 is 0. The fraction of sp³-hybridized carbons (Fsp3) is 0. The smallest absolute Gasteiger partial charge is 0.298 e. The highest BCUT2D eigenvalue weighted by Gasteiger charge is 2.11. The van der Waals surface area contributed by atoms with Crippen LogP contribution < -0.4 is 5.56 Å². The van der Waals surface area contributed by atoms with Crippen molar-refractivity contribution < 1.29 is 9.31 Å². The molecule has 0 atom stereocenters. The minimum Gasteiger partial charge on any atom is -0.349 e. The Morgan fingerprint density at radius 2 is 2.00 bits per heavy atom. The molecule has 0 unspecified atom stereocenters. The molecule has 9 heteroatoms. The largest absolute Gasteiger partial charge is 0.349 e. The van der Waals surface area contributed by atoms with Crippen molar-refractivity contribution in [1.82, 2.24) is 14.6 Å². The number of non-ortho nitro benzene ring substituents is 1. The van der Waals surface area contributed by atoms with Gasteiger partial charge in [-0.1, -0.05) is 0 Å². The molecular formula is C17H10FN5O3. The summed E-state index contributed by atoms with van der Waals surface area (Å²) in [5, 5.41) is 15.2. The van der Waals surface area contributed by atoms with Crippen LogP contribution in [0.5, 0.6) is 0 Å². The third-order valence-corrected chi connectivity index (χ3v) is 3.89. The van der Waals surface area contributed by atoms with Gasteiger partial charge < -0.3 is 4.98 Å². The SMILES string of the molecule is O=c1c2[nH]c3ccc(F)cc3c2ncn1/N=C/c1ccc([N+](=O)[O-])cc1. The van der Waals surface area contributed by atoms with E-state index in [4.69, 9.17) is 0 Å². The number of rotatable bonds is 3. The Morgan fingerprint density at radius 3 is 2.73 bits per heavy atom. The molecule has 2 heterocycles. The molecule has 0 amide bonds. The van der Waals surface area contributed by atoms with E-state index in [0.717, 1.165) is 4.68 Å². The number of fused-ring (bicyclic) bond motifs is 3. The average molecular weight is 351 g/mol. The van der Waals surface area contributed by atoms with Crippen LogP contribution in [-0.4, -0.2) is 25.8 Å². The van der Waals surface area contributed by atoms with E-state index >= 15 is 0 Å². The van der Waals surface area contributed by atoms with E-state index in [9.17, 15) is 19.3 Å². The minimum absolute atomic E-state index is 0.0345. The van der Waals surface area contributed by atoms with E-state index in [2.05, 4.69) is 15.1 Å². The Hall–Kier alpha value is -3.88. The van der Waals surface area contributed by atoms with Crippen LogP contribution in [0.4, 0.5) is 10.1 Å². The van der Waals surface area contributed by atoms with Gasteiger partial charge in [0.25, 0.3) is 11.2 Å². The van der Waals surface area contributed by atoms with E-state index in [1.165, 1.54) is 55.0 Å². The van der Waals surface area contributed by atoms with Crippen LogP contribution in [0.2, 0.25) is 0 Å². The number of halogens is 1. The molecule has 4 aromatic rings. The molecule has 0 spiro atoms. The number of aromatic nitrogens is 3. The third-order valence-electron chi connectivity index (χ3n) is 3.89. The molecule has 26 heavy (non-hydrogen) atoms. The molecule has 0 fully saturated rings. The summed E-state index contributed by atoms with van der Waals surface area (Å²) in [6, 6.07) is 9.87. The van der Waals surface area contributed by atoms with Crippen LogP contribution >= 0.6 is 0 Å². The Kier molecular flexibility index (Phi) is 3.54. The van der Waals surface area contributed by atoms with Crippen molar-refractivity contribution in [2.75, 3.05) is 0 Å². The zero-order valence-corrected chi connectivity index (χ0v) is 13.1. The van der Waals surface area contributed by atoms with Crippen LogP contribution in [0, 0.1) is 15.9 Å². The molecule has 0 saturated heterocycles. The predicted octanol–water partition coefficient (Wildman–Crippen LogP) is 2.81. The van der Waals surface area contributed by atoms with E-state index < -0.39 is 16.3 Å². The van der Waals surface area contributed by atoms with Crippen molar-refractivity contribution in [3.63, 3.8) is 0 Å². The van der Waals surface area contributed by atoms with E-state index in [1.807, 2.05) is 0 Å². The van der Waals surface area contributed by atoms with Gasteiger partial charge in [0, 0.05) is 23.0 Å². The van der Waals surface area contributed by atoms with Crippen LogP contribution in [0.25, 0.3) is 21.9 Å². The number of hydrogen-bond acceptors (Lipinski definition) is 5. The molecular weight excluding hydrogens is 341 g/mol. The van der Waals surface area contributed by atoms with Gasteiger partial charge in [0.05, 0.1) is 11.1 Å². The van der Waals surface area contributed by atoms with Gasteiger partial charge in [0.15, 0.2) is 0 Å². The zero-order chi connectivity index (χ0) is 18.3. The number of H-pyrrole nitrogens is 1. The quantitative estimate of drug-likeness (QED) is 0.348. The molecule has 0 bridgehead atoms. The molecule has 4 rings (SSSR count). The van der Waals surface area contributed by atoms with Gasteiger partial charge >= 0.3 is 0 Å². The standard InChI is InChI=1S/C17H10FN5O3/c18-11-3-6-14-13(7-11)15-16(21-14)17(24)22(9-19-15)20-8-10-1-4-12(5-2-10)23(25)26/h1-9,21H/b20-8+. The zero-order valence-electron chi connectivity index (χ0n) is 13.1. The van der Waals surface area contributed by atoms with Crippen molar-refractivity contribution in [1.29, 1.82) is 0 Å². The fourth-order valence-electron chi connectivity index (χ4n) is 2.61. The molecule has 0 saturated carbocycles. The van der Waals surface area contributed by atoms with Crippen molar-refractivity contribution in [3.8, 4) is 0 Å². The lowest BCUT2D eigenvalue weighted by Gasteiger charge is -1.98. The molecule has 8 nitrogen and oxygen atoms in total. The first kappa shape index (κ1) is 15.6. The molecule has 1 N–H and O–H groups in total. The lowest BCUT2D eigenvalue weighted by molar-refractivity contribution is -0.384. The molecule has 2 aromatic heterocycles. The van der Waals surface area contributed by atoms with Crippen LogP contribution in [-0.2, 0) is 0 Å². The second-order valence-corrected chi connectivity index (χ2v) is 5.53. The summed E-state index contributed by atoms with van der Waals surface area (Å²) in [4.78, 5) is 29.8. The normalized spacial score (nSPS) is 11.6. The van der Waals surface area contributed by atoms with Crippen molar-refractivity contribution >= 4 is 33.8 Å². The van der Waals surface area contributed by atoms with Gasteiger partial charge in [0.1, 0.15) is 23.2 Å². The predicted molar refractivity (Wildman–Crippen MR) is 93.9 cm³/mol. The fourth-order valence-corrected chi connectivity index (χ4v) is 2.61. The Morgan fingerprint density at radius 1 is 1.23 bits per heavy atom. The van der Waals surface area contributed by atoms with Crippen LogP contribution in [0.15, 0.2) is 58.7 Å². The lowest BCUT2D eigenvalue weighted by Crippen LogP contribution is -2.17. The maximum Gasteiger partial charge on any atom is 0.298 e. The summed E-state index contributed by atoms with van der Waals surface area (Å²) in [6.07, 6.45) is 2.63. The maximum atomic E-state index is 13.4. The van der Waals surface area contributed by atoms with Gasteiger partial charge in [-0.3, -0.25) is 14.9 Å². The van der Waals surface area contributed by atoms with Gasteiger partial charge in [0.2, 0.25) is 0 Å². The van der Waals surface area contributed by atoms with E-state index in [-0.39, 0.29) is 11.2 Å². The van der Waals surface area contributed by atoms with Gasteiger partial charge in [-0.2, -0.15) is 9.78 Å². The summed E-state index contributed by atoms with van der Waals surface area (Å²) < 4.78 is 14.5. The highest BCUT2D eigenvalue weighted by molar-refractivity contribution is 6.04. The first-order valence-electron chi connectivity index (χ1n) is 7.50. The van der Waals surface area contributed by atoms with Gasteiger partial charge in [-0.25, -0.2) is 9.37 Å². The number of nitro groups is 1. The number of benzene rings is 2. The van der Waals surface area contributed by atoms with Crippen molar-refractivity contribution in [2.24, 2.45) is 5.10 Å². The van der Waals surface area contributed by atoms with Gasteiger partial charge in [-0.05, 0) is 35.9 Å². The number of nitrogens with one attached hydrogen (secondary N) is 1. The topological polar surface area (TPSA) is 106 Å². The Bertz CT molecular complexity index is 1240. The Balaban J connectivity index is 1.75.